The third kappa shape index (κ3) is 4.33. The topological polar surface area (TPSA) is 65.0 Å². The van der Waals surface area contributed by atoms with Gasteiger partial charge in [0, 0.05) is 0 Å². The molecule has 0 aliphatic heterocycles. The molecule has 0 bridgehead atoms. The number of carbonyl (C=O) groups excluding carboxylic acids is 1. The number of para-hydroxylation sites is 1. The summed E-state index contributed by atoms with van der Waals surface area (Å²) in [5.41, 5.74) is 1.05. The average Bonchev–Trinajstić information content (AvgIpc) is 2.42. The second-order valence-electron chi connectivity index (χ2n) is 4.02. The summed E-state index contributed by atoms with van der Waals surface area (Å²) >= 11 is 0. The minimum absolute atomic E-state index is 0.319. The highest BCUT2D eigenvalue weighted by atomic mass is 16.8. The quantitative estimate of drug-likeness (QED) is 0.526. The van der Waals surface area contributed by atoms with Crippen LogP contribution in [-0.2, 0) is 4.65 Å². The molecule has 102 valence electrons. The van der Waals surface area contributed by atoms with Gasteiger partial charge in [0.15, 0.2) is 0 Å². The molecule has 0 spiro atoms. The number of aryl methyl sites for hydroxylation is 1. The Kier molecular flexibility index (Phi) is 4.63. The number of carbonyl (C=O) groups is 1. The smallest absolute Gasteiger partial charge is 0.501 e. The molecule has 0 unspecified atom stereocenters. The van der Waals surface area contributed by atoms with Crippen LogP contribution in [0.5, 0.6) is 11.5 Å². The summed E-state index contributed by atoms with van der Waals surface area (Å²) in [5, 5.41) is 9.48. The van der Waals surface area contributed by atoms with Gasteiger partial charge in [-0.25, -0.2) is 4.79 Å². The fraction of sp³-hybridized carbons (Fsp3) is 0.0714. The van der Waals surface area contributed by atoms with Gasteiger partial charge in [0.1, 0.15) is 11.5 Å². The van der Waals surface area contributed by atoms with E-state index in [1.165, 1.54) is 0 Å². The van der Waals surface area contributed by atoms with Gasteiger partial charge < -0.3 is 19.1 Å². The van der Waals surface area contributed by atoms with Gasteiger partial charge >= 0.3 is 13.5 Å². The summed E-state index contributed by atoms with van der Waals surface area (Å²) in [6.07, 6.45) is -1.05. The minimum Gasteiger partial charge on any atom is -0.501 e. The van der Waals surface area contributed by atoms with E-state index in [0.29, 0.717) is 11.5 Å². The molecule has 0 fully saturated rings. The zero-order valence-corrected chi connectivity index (χ0v) is 10.9. The van der Waals surface area contributed by atoms with Crippen molar-refractivity contribution >= 4 is 13.5 Å². The summed E-state index contributed by atoms with van der Waals surface area (Å²) in [5.74, 6) is 0.704. The summed E-state index contributed by atoms with van der Waals surface area (Å²) in [7, 11) is -1.73. The molecule has 0 saturated heterocycles. The number of hydrogen-bond donors (Lipinski definition) is 1. The molecule has 0 radical (unpaired) electrons. The van der Waals surface area contributed by atoms with Crippen LogP contribution in [0.2, 0.25) is 0 Å². The predicted molar refractivity (Wildman–Crippen MR) is 73.3 cm³/mol. The maximum atomic E-state index is 11.4. The number of rotatable bonds is 4. The Hall–Kier alpha value is -2.47. The standard InChI is InChI=1S/C14H13BO5/c1-11-7-9-13(10-8-11)19-15(17)20-14(16)18-12-5-3-2-4-6-12/h2-10,17H,1H3. The van der Waals surface area contributed by atoms with Crippen LogP contribution in [0.1, 0.15) is 5.56 Å². The highest BCUT2D eigenvalue weighted by molar-refractivity contribution is 6.38. The van der Waals surface area contributed by atoms with Gasteiger partial charge in [0.05, 0.1) is 0 Å². The normalized spacial score (nSPS) is 9.70. The molecule has 2 aromatic rings. The Morgan fingerprint density at radius 1 is 1.00 bits per heavy atom. The van der Waals surface area contributed by atoms with Gasteiger partial charge in [-0.15, -0.1) is 0 Å². The first kappa shape index (κ1) is 14.0. The summed E-state index contributed by atoms with van der Waals surface area (Å²) in [6, 6.07) is 15.3. The molecular weight excluding hydrogens is 259 g/mol. The van der Waals surface area contributed by atoms with E-state index >= 15 is 0 Å². The van der Waals surface area contributed by atoms with Crippen LogP contribution in [0.4, 0.5) is 4.79 Å². The Labute approximate surface area is 116 Å². The fourth-order valence-electron chi connectivity index (χ4n) is 1.45. The van der Waals surface area contributed by atoms with Crippen LogP contribution in [0, 0.1) is 6.92 Å². The molecule has 2 rings (SSSR count). The monoisotopic (exact) mass is 272 g/mol. The maximum Gasteiger partial charge on any atom is 0.789 e. The number of ether oxygens (including phenoxy) is 1. The molecule has 0 aliphatic rings. The van der Waals surface area contributed by atoms with E-state index in [1.807, 2.05) is 19.1 Å². The van der Waals surface area contributed by atoms with Gasteiger partial charge in [0.2, 0.25) is 0 Å². The van der Waals surface area contributed by atoms with Crippen LogP contribution in [0.25, 0.3) is 0 Å². The molecule has 1 N–H and O–H groups in total. The highest BCUT2D eigenvalue weighted by Gasteiger charge is 2.25. The molecule has 6 heteroatoms. The lowest BCUT2D eigenvalue weighted by Crippen LogP contribution is -2.30. The minimum atomic E-state index is -1.73. The molecule has 0 amide bonds. The largest absolute Gasteiger partial charge is 0.789 e. The van der Waals surface area contributed by atoms with Crippen molar-refractivity contribution < 1.29 is 23.9 Å². The Balaban J connectivity index is 1.83. The molecule has 0 aromatic heterocycles. The van der Waals surface area contributed by atoms with Gasteiger partial charge in [0.25, 0.3) is 0 Å². The summed E-state index contributed by atoms with van der Waals surface area (Å²) < 4.78 is 14.4. The van der Waals surface area contributed by atoms with Crippen molar-refractivity contribution in [3.05, 3.63) is 60.2 Å². The lowest BCUT2D eigenvalue weighted by molar-refractivity contribution is 0.129. The van der Waals surface area contributed by atoms with E-state index in [2.05, 4.69) is 4.65 Å². The molecule has 20 heavy (non-hydrogen) atoms. The first-order chi connectivity index (χ1) is 9.63. The van der Waals surface area contributed by atoms with E-state index in [0.717, 1.165) is 5.56 Å². The first-order valence-corrected chi connectivity index (χ1v) is 5.98. The molecule has 0 atom stereocenters. The lowest BCUT2D eigenvalue weighted by atomic mass is 10.2. The molecule has 2 aromatic carbocycles. The van der Waals surface area contributed by atoms with E-state index < -0.39 is 13.5 Å². The Morgan fingerprint density at radius 3 is 2.30 bits per heavy atom. The maximum absolute atomic E-state index is 11.4. The fourth-order valence-corrected chi connectivity index (χ4v) is 1.45. The van der Waals surface area contributed by atoms with Crippen LogP contribution in [0.3, 0.4) is 0 Å². The third-order valence-electron chi connectivity index (χ3n) is 2.40. The second kappa shape index (κ2) is 6.63. The molecule has 5 nitrogen and oxygen atoms in total. The zero-order valence-electron chi connectivity index (χ0n) is 10.9. The molecule has 0 heterocycles. The predicted octanol–water partition coefficient (Wildman–Crippen LogP) is 2.57. The average molecular weight is 272 g/mol. The SMILES string of the molecule is Cc1ccc(OB(O)OC(=O)Oc2ccccc2)cc1. The van der Waals surface area contributed by atoms with Crippen LogP contribution >= 0.6 is 0 Å². The van der Waals surface area contributed by atoms with Crippen molar-refractivity contribution in [1.29, 1.82) is 0 Å². The van der Waals surface area contributed by atoms with Crippen molar-refractivity contribution in [2.45, 2.75) is 6.92 Å². The lowest BCUT2D eigenvalue weighted by Gasteiger charge is -2.10. The van der Waals surface area contributed by atoms with E-state index in [1.54, 1.807) is 42.5 Å². The number of benzene rings is 2. The Morgan fingerprint density at radius 2 is 1.65 bits per heavy atom. The molecular formula is C14H13BO5. The summed E-state index contributed by atoms with van der Waals surface area (Å²) in [4.78, 5) is 11.4. The van der Waals surface area contributed by atoms with Gasteiger partial charge in [-0.3, -0.25) is 0 Å². The van der Waals surface area contributed by atoms with Crippen LogP contribution in [0.15, 0.2) is 54.6 Å². The van der Waals surface area contributed by atoms with Crippen molar-refractivity contribution in [1.82, 2.24) is 0 Å². The number of hydrogen-bond acceptors (Lipinski definition) is 5. The third-order valence-corrected chi connectivity index (χ3v) is 2.40. The van der Waals surface area contributed by atoms with E-state index in [9.17, 15) is 9.82 Å². The Bertz CT molecular complexity index is 556. The van der Waals surface area contributed by atoms with Crippen molar-refractivity contribution in [3.8, 4) is 11.5 Å². The first-order valence-electron chi connectivity index (χ1n) is 5.98. The van der Waals surface area contributed by atoms with Crippen molar-refractivity contribution in [2.75, 3.05) is 0 Å². The highest BCUT2D eigenvalue weighted by Crippen LogP contribution is 2.13. The molecule has 0 aliphatic carbocycles. The zero-order chi connectivity index (χ0) is 14.4. The van der Waals surface area contributed by atoms with Gasteiger partial charge in [-0.2, -0.15) is 0 Å². The van der Waals surface area contributed by atoms with Crippen LogP contribution in [-0.4, -0.2) is 18.5 Å². The summed E-state index contributed by atoms with van der Waals surface area (Å²) in [6.45, 7) is 1.92. The van der Waals surface area contributed by atoms with Crippen molar-refractivity contribution in [3.63, 3.8) is 0 Å². The second-order valence-corrected chi connectivity index (χ2v) is 4.02. The van der Waals surface area contributed by atoms with E-state index in [-0.39, 0.29) is 0 Å². The van der Waals surface area contributed by atoms with E-state index in [4.69, 9.17) is 9.39 Å². The molecule has 0 saturated carbocycles. The van der Waals surface area contributed by atoms with Crippen molar-refractivity contribution in [2.24, 2.45) is 0 Å². The van der Waals surface area contributed by atoms with Gasteiger partial charge in [-0.1, -0.05) is 35.9 Å². The van der Waals surface area contributed by atoms with Gasteiger partial charge in [-0.05, 0) is 31.2 Å². The van der Waals surface area contributed by atoms with Crippen LogP contribution < -0.4 is 9.39 Å².